The van der Waals surface area contributed by atoms with Crippen LogP contribution in [0.2, 0.25) is 5.02 Å². The Morgan fingerprint density at radius 3 is 2.61 bits per heavy atom. The van der Waals surface area contributed by atoms with Crippen molar-refractivity contribution in [2.24, 2.45) is 5.73 Å². The maximum atomic E-state index is 13.3. The van der Waals surface area contributed by atoms with Gasteiger partial charge in [-0.2, -0.15) is 13.2 Å². The van der Waals surface area contributed by atoms with Crippen LogP contribution in [-0.4, -0.2) is 17.1 Å². The van der Waals surface area contributed by atoms with E-state index in [1.807, 2.05) is 6.92 Å². The second-order valence-electron chi connectivity index (χ2n) is 8.74. The van der Waals surface area contributed by atoms with Gasteiger partial charge in [0.25, 0.3) is 5.56 Å². The second-order valence-corrected chi connectivity index (χ2v) is 9.15. The highest BCUT2D eigenvalue weighted by molar-refractivity contribution is 6.32. The van der Waals surface area contributed by atoms with Gasteiger partial charge in [-0.15, -0.1) is 0 Å². The van der Waals surface area contributed by atoms with Gasteiger partial charge in [0.1, 0.15) is 5.75 Å². The first-order valence-corrected chi connectivity index (χ1v) is 11.4. The van der Waals surface area contributed by atoms with Gasteiger partial charge in [0.2, 0.25) is 0 Å². The van der Waals surface area contributed by atoms with Crippen LogP contribution in [0, 0.1) is 0 Å². The van der Waals surface area contributed by atoms with Crippen molar-refractivity contribution in [3.05, 3.63) is 75.2 Å². The van der Waals surface area contributed by atoms with E-state index in [0.29, 0.717) is 53.8 Å². The van der Waals surface area contributed by atoms with E-state index in [4.69, 9.17) is 22.1 Å². The Morgan fingerprint density at radius 1 is 1.21 bits per heavy atom. The van der Waals surface area contributed by atoms with Gasteiger partial charge >= 0.3 is 6.18 Å². The molecule has 1 aliphatic rings. The number of benzene rings is 2. The topological polar surface area (TPSA) is 68.1 Å². The Bertz CT molecular complexity index is 1200. The molecule has 3 aromatic rings. The molecule has 0 spiro atoms. The zero-order valence-electron chi connectivity index (χ0n) is 18.2. The Labute approximate surface area is 194 Å². The molecule has 8 heteroatoms. The van der Waals surface area contributed by atoms with Gasteiger partial charge in [0, 0.05) is 23.0 Å². The molecule has 1 fully saturated rings. The number of fused-ring (bicyclic) bond motifs is 1. The molecule has 0 bridgehead atoms. The van der Waals surface area contributed by atoms with Crippen molar-refractivity contribution in [1.29, 1.82) is 0 Å². The lowest BCUT2D eigenvalue weighted by molar-refractivity contribution is -0.137. The van der Waals surface area contributed by atoms with Crippen LogP contribution >= 0.6 is 11.6 Å². The third-order valence-electron chi connectivity index (χ3n) is 6.86. The number of hydrogen-bond acceptors (Lipinski definition) is 3. The normalized spacial score (nSPS) is 22.3. The van der Waals surface area contributed by atoms with Crippen molar-refractivity contribution in [3.8, 4) is 5.75 Å². The number of nitrogens with two attached hydrogens (primary N) is 1. The Hall–Kier alpha value is -2.51. The summed E-state index contributed by atoms with van der Waals surface area (Å²) >= 11 is 6.38. The maximum absolute atomic E-state index is 13.3. The van der Waals surface area contributed by atoms with Crippen molar-refractivity contribution in [2.75, 3.05) is 0 Å². The summed E-state index contributed by atoms with van der Waals surface area (Å²) < 4.78 is 46.2. The van der Waals surface area contributed by atoms with Crippen LogP contribution in [0.3, 0.4) is 0 Å². The first-order valence-electron chi connectivity index (χ1n) is 11.0. The lowest BCUT2D eigenvalue weighted by Gasteiger charge is -2.44. The molecule has 1 atom stereocenters. The van der Waals surface area contributed by atoms with Crippen molar-refractivity contribution in [3.63, 3.8) is 0 Å². The number of H-pyrrole nitrogens is 1. The fraction of sp³-hybridized carbons (Fsp3) is 0.400. The van der Waals surface area contributed by atoms with E-state index in [-0.39, 0.29) is 17.7 Å². The van der Waals surface area contributed by atoms with Crippen molar-refractivity contribution >= 4 is 22.4 Å². The summed E-state index contributed by atoms with van der Waals surface area (Å²) in [5.41, 5.74) is 5.71. The number of aromatic nitrogens is 1. The van der Waals surface area contributed by atoms with Crippen LogP contribution < -0.4 is 16.0 Å². The van der Waals surface area contributed by atoms with Gasteiger partial charge in [-0.1, -0.05) is 36.7 Å². The van der Waals surface area contributed by atoms with Gasteiger partial charge in [0.05, 0.1) is 16.7 Å². The SMILES string of the molecule is CC[C@@H](N)[C@]1(c2cccc(C(F)(F)F)c2)CC[C@@H](Oc2cc3cc[nH]c(=O)c3cc2Cl)CC1. The van der Waals surface area contributed by atoms with Gasteiger partial charge in [-0.3, -0.25) is 4.79 Å². The second kappa shape index (κ2) is 9.03. The van der Waals surface area contributed by atoms with E-state index in [1.165, 1.54) is 12.1 Å². The molecular formula is C25H26ClF3N2O2. The highest BCUT2D eigenvalue weighted by Crippen LogP contribution is 2.45. The molecule has 2 aromatic carbocycles. The van der Waals surface area contributed by atoms with Crippen LogP contribution in [0.4, 0.5) is 13.2 Å². The summed E-state index contributed by atoms with van der Waals surface area (Å²) in [5.74, 6) is 0.492. The lowest BCUT2D eigenvalue weighted by atomic mass is 9.63. The molecule has 0 radical (unpaired) electrons. The molecule has 4 nitrogen and oxygen atoms in total. The summed E-state index contributed by atoms with van der Waals surface area (Å²) in [4.78, 5) is 14.6. The first kappa shape index (κ1) is 23.6. The Balaban J connectivity index is 1.57. The monoisotopic (exact) mass is 478 g/mol. The van der Waals surface area contributed by atoms with Gasteiger partial charge in [-0.05, 0) is 67.3 Å². The molecule has 0 saturated heterocycles. The van der Waals surface area contributed by atoms with E-state index in [1.54, 1.807) is 30.5 Å². The van der Waals surface area contributed by atoms with Crippen LogP contribution in [0.15, 0.2) is 53.5 Å². The van der Waals surface area contributed by atoms with E-state index >= 15 is 0 Å². The van der Waals surface area contributed by atoms with E-state index in [2.05, 4.69) is 4.98 Å². The number of rotatable bonds is 5. The van der Waals surface area contributed by atoms with Crippen LogP contribution in [0.25, 0.3) is 10.8 Å². The molecule has 33 heavy (non-hydrogen) atoms. The molecule has 1 saturated carbocycles. The third-order valence-corrected chi connectivity index (χ3v) is 7.15. The van der Waals surface area contributed by atoms with Crippen LogP contribution in [0.5, 0.6) is 5.75 Å². The number of hydrogen-bond donors (Lipinski definition) is 2. The molecule has 1 aliphatic carbocycles. The fourth-order valence-electron chi connectivity index (χ4n) is 4.95. The number of ether oxygens (including phenoxy) is 1. The quantitative estimate of drug-likeness (QED) is 0.459. The Kier molecular flexibility index (Phi) is 6.47. The van der Waals surface area contributed by atoms with Crippen molar-refractivity contribution in [2.45, 2.75) is 62.8 Å². The minimum absolute atomic E-state index is 0.148. The molecule has 4 rings (SSSR count). The molecule has 176 valence electrons. The summed E-state index contributed by atoms with van der Waals surface area (Å²) in [6, 6.07) is 10.4. The smallest absolute Gasteiger partial charge is 0.416 e. The number of pyridine rings is 1. The third kappa shape index (κ3) is 4.62. The highest BCUT2D eigenvalue weighted by Gasteiger charge is 2.43. The van der Waals surface area contributed by atoms with Crippen LogP contribution in [0.1, 0.15) is 50.2 Å². The highest BCUT2D eigenvalue weighted by atomic mass is 35.5. The predicted molar refractivity (Wildman–Crippen MR) is 124 cm³/mol. The number of nitrogens with one attached hydrogen (secondary N) is 1. The van der Waals surface area contributed by atoms with E-state index < -0.39 is 17.2 Å². The van der Waals surface area contributed by atoms with Crippen molar-refractivity contribution in [1.82, 2.24) is 4.98 Å². The number of halogens is 4. The maximum Gasteiger partial charge on any atom is 0.416 e. The first-order chi connectivity index (χ1) is 15.6. The summed E-state index contributed by atoms with van der Waals surface area (Å²) in [6.07, 6.45) is 0.164. The average Bonchev–Trinajstić information content (AvgIpc) is 2.80. The minimum atomic E-state index is -4.40. The molecule has 3 N–H and O–H groups in total. The zero-order chi connectivity index (χ0) is 23.8. The van der Waals surface area contributed by atoms with Crippen molar-refractivity contribution < 1.29 is 17.9 Å². The summed E-state index contributed by atoms with van der Waals surface area (Å²) in [7, 11) is 0. The molecule has 1 heterocycles. The average molecular weight is 479 g/mol. The molecular weight excluding hydrogens is 453 g/mol. The van der Waals surface area contributed by atoms with Gasteiger partial charge < -0.3 is 15.5 Å². The fourth-order valence-corrected chi connectivity index (χ4v) is 5.16. The van der Waals surface area contributed by atoms with E-state index in [0.717, 1.165) is 11.5 Å². The summed E-state index contributed by atoms with van der Waals surface area (Å²) in [6.45, 7) is 1.96. The minimum Gasteiger partial charge on any atom is -0.489 e. The standard InChI is InChI=1S/C25H26ClF3N2O2/c1-2-22(30)24(16-4-3-5-17(13-16)25(27,28)29)9-6-18(7-10-24)33-21-12-15-8-11-31-23(32)19(15)14-20(21)26/h3-5,8,11-14,18,22H,2,6-7,9-10,30H2,1H3,(H,31,32)/t18-,22-,24-/m1/s1. The number of aromatic amines is 1. The van der Waals surface area contributed by atoms with Gasteiger partial charge in [0.15, 0.2) is 0 Å². The number of alkyl halides is 3. The molecule has 0 amide bonds. The lowest BCUT2D eigenvalue weighted by Crippen LogP contribution is -2.49. The van der Waals surface area contributed by atoms with E-state index in [9.17, 15) is 18.0 Å². The molecule has 0 aliphatic heterocycles. The Morgan fingerprint density at radius 2 is 1.94 bits per heavy atom. The largest absolute Gasteiger partial charge is 0.489 e. The molecule has 0 unspecified atom stereocenters. The zero-order valence-corrected chi connectivity index (χ0v) is 19.0. The predicted octanol–water partition coefficient (Wildman–Crippen LogP) is 6.20. The summed E-state index contributed by atoms with van der Waals surface area (Å²) in [5, 5.41) is 1.55. The van der Waals surface area contributed by atoms with Gasteiger partial charge in [-0.25, -0.2) is 0 Å². The van der Waals surface area contributed by atoms with Crippen LogP contribution in [-0.2, 0) is 11.6 Å². The molecule has 1 aromatic heterocycles.